The zero-order valence-corrected chi connectivity index (χ0v) is 11.8. The average molecular weight is 268 g/mol. The van der Waals surface area contributed by atoms with Crippen molar-refractivity contribution in [1.29, 1.82) is 0 Å². The van der Waals surface area contributed by atoms with Gasteiger partial charge in [-0.2, -0.15) is 0 Å². The van der Waals surface area contributed by atoms with Gasteiger partial charge in [0, 0.05) is 32.0 Å². The minimum Gasteiger partial charge on any atom is -0.497 e. The van der Waals surface area contributed by atoms with Crippen LogP contribution in [0.1, 0.15) is 11.1 Å². The smallest absolute Gasteiger partial charge is 0.118 e. The van der Waals surface area contributed by atoms with Crippen LogP contribution in [0.3, 0.4) is 0 Å². The van der Waals surface area contributed by atoms with Gasteiger partial charge >= 0.3 is 0 Å². The lowest BCUT2D eigenvalue weighted by molar-refractivity contribution is 0.286. The SMILES string of the molecule is C=CCN(Cc1ccncc1)Cc1ccc(OC)cc1. The number of hydrogen-bond acceptors (Lipinski definition) is 3. The Morgan fingerprint density at radius 2 is 1.65 bits per heavy atom. The molecular weight excluding hydrogens is 248 g/mol. The molecule has 1 aromatic carbocycles. The molecule has 1 aromatic heterocycles. The number of hydrogen-bond donors (Lipinski definition) is 0. The average Bonchev–Trinajstić information content (AvgIpc) is 2.49. The van der Waals surface area contributed by atoms with Gasteiger partial charge in [0.25, 0.3) is 0 Å². The van der Waals surface area contributed by atoms with Gasteiger partial charge in [-0.3, -0.25) is 9.88 Å². The van der Waals surface area contributed by atoms with Gasteiger partial charge in [0.1, 0.15) is 5.75 Å². The lowest BCUT2D eigenvalue weighted by Crippen LogP contribution is -2.22. The molecule has 20 heavy (non-hydrogen) atoms. The topological polar surface area (TPSA) is 25.4 Å². The molecule has 0 unspecified atom stereocenters. The van der Waals surface area contributed by atoms with Gasteiger partial charge in [0.15, 0.2) is 0 Å². The maximum Gasteiger partial charge on any atom is 0.118 e. The van der Waals surface area contributed by atoms with Crippen LogP contribution >= 0.6 is 0 Å². The molecule has 0 atom stereocenters. The van der Waals surface area contributed by atoms with E-state index in [4.69, 9.17) is 4.74 Å². The quantitative estimate of drug-likeness (QED) is 0.721. The Labute approximate surface area is 120 Å². The summed E-state index contributed by atoms with van der Waals surface area (Å²) >= 11 is 0. The first-order valence-electron chi connectivity index (χ1n) is 6.67. The van der Waals surface area contributed by atoms with Crippen LogP contribution in [0.25, 0.3) is 0 Å². The maximum atomic E-state index is 5.18. The van der Waals surface area contributed by atoms with Crippen LogP contribution in [0.5, 0.6) is 5.75 Å². The highest BCUT2D eigenvalue weighted by atomic mass is 16.5. The molecule has 0 aliphatic carbocycles. The molecule has 0 amide bonds. The first-order chi connectivity index (χ1) is 9.81. The number of methoxy groups -OCH3 is 1. The van der Waals surface area contributed by atoms with Crippen LogP contribution in [-0.2, 0) is 13.1 Å². The highest BCUT2D eigenvalue weighted by Crippen LogP contribution is 2.14. The summed E-state index contributed by atoms with van der Waals surface area (Å²) < 4.78 is 5.18. The predicted octanol–water partition coefficient (Wildman–Crippen LogP) is 3.28. The van der Waals surface area contributed by atoms with Crippen molar-refractivity contribution in [3.63, 3.8) is 0 Å². The number of ether oxygens (including phenoxy) is 1. The van der Waals surface area contributed by atoms with Gasteiger partial charge in [0.2, 0.25) is 0 Å². The Kier molecular flexibility index (Phi) is 5.33. The highest BCUT2D eigenvalue weighted by Gasteiger charge is 2.05. The van der Waals surface area contributed by atoms with E-state index in [0.717, 1.165) is 25.4 Å². The molecule has 0 radical (unpaired) electrons. The lowest BCUT2D eigenvalue weighted by atomic mass is 10.2. The van der Waals surface area contributed by atoms with E-state index in [1.807, 2.05) is 42.7 Å². The number of benzene rings is 1. The van der Waals surface area contributed by atoms with Crippen molar-refractivity contribution in [1.82, 2.24) is 9.88 Å². The summed E-state index contributed by atoms with van der Waals surface area (Å²) in [6.07, 6.45) is 5.59. The van der Waals surface area contributed by atoms with Crippen LogP contribution < -0.4 is 4.74 Å². The first-order valence-corrected chi connectivity index (χ1v) is 6.67. The van der Waals surface area contributed by atoms with Crippen LogP contribution in [0.4, 0.5) is 0 Å². The molecule has 2 aromatic rings. The van der Waals surface area contributed by atoms with Gasteiger partial charge in [-0.25, -0.2) is 0 Å². The number of pyridine rings is 1. The van der Waals surface area contributed by atoms with Crippen LogP contribution in [0.15, 0.2) is 61.4 Å². The highest BCUT2D eigenvalue weighted by molar-refractivity contribution is 5.27. The molecule has 0 aliphatic heterocycles. The molecule has 104 valence electrons. The van der Waals surface area contributed by atoms with E-state index in [0.29, 0.717) is 0 Å². The third-order valence-electron chi connectivity index (χ3n) is 3.11. The van der Waals surface area contributed by atoms with Gasteiger partial charge in [-0.05, 0) is 35.4 Å². The molecule has 0 N–H and O–H groups in total. The van der Waals surface area contributed by atoms with Gasteiger partial charge in [0.05, 0.1) is 7.11 Å². The maximum absolute atomic E-state index is 5.18. The molecule has 1 heterocycles. The molecule has 0 bridgehead atoms. The predicted molar refractivity (Wildman–Crippen MR) is 81.5 cm³/mol. The zero-order valence-electron chi connectivity index (χ0n) is 11.8. The fraction of sp³-hybridized carbons (Fsp3) is 0.235. The number of aromatic nitrogens is 1. The summed E-state index contributed by atoms with van der Waals surface area (Å²) in [5, 5.41) is 0. The van der Waals surface area contributed by atoms with E-state index in [1.165, 1.54) is 11.1 Å². The van der Waals surface area contributed by atoms with Crippen LogP contribution in [0, 0.1) is 0 Å². The van der Waals surface area contributed by atoms with Crippen molar-refractivity contribution in [2.75, 3.05) is 13.7 Å². The van der Waals surface area contributed by atoms with E-state index in [2.05, 4.69) is 28.6 Å². The monoisotopic (exact) mass is 268 g/mol. The Balaban J connectivity index is 2.02. The van der Waals surface area contributed by atoms with Crippen molar-refractivity contribution >= 4 is 0 Å². The molecule has 3 heteroatoms. The Morgan fingerprint density at radius 3 is 2.20 bits per heavy atom. The lowest BCUT2D eigenvalue weighted by Gasteiger charge is -2.21. The van der Waals surface area contributed by atoms with E-state index < -0.39 is 0 Å². The van der Waals surface area contributed by atoms with E-state index in [9.17, 15) is 0 Å². The Hall–Kier alpha value is -2.13. The standard InChI is InChI=1S/C17H20N2O/c1-3-12-19(14-16-8-10-18-11-9-16)13-15-4-6-17(20-2)7-5-15/h3-11H,1,12-14H2,2H3. The summed E-state index contributed by atoms with van der Waals surface area (Å²) in [5.74, 6) is 0.887. The normalized spacial score (nSPS) is 10.5. The van der Waals surface area contributed by atoms with Gasteiger partial charge < -0.3 is 4.74 Å². The first kappa shape index (κ1) is 14.3. The second-order valence-electron chi connectivity index (χ2n) is 4.66. The third-order valence-corrected chi connectivity index (χ3v) is 3.11. The fourth-order valence-electron chi connectivity index (χ4n) is 2.10. The number of rotatable bonds is 7. The van der Waals surface area contributed by atoms with Crippen molar-refractivity contribution in [3.05, 3.63) is 72.6 Å². The Bertz CT molecular complexity index is 522. The van der Waals surface area contributed by atoms with Gasteiger partial charge in [-0.15, -0.1) is 6.58 Å². The second kappa shape index (κ2) is 7.46. The molecule has 2 rings (SSSR count). The molecule has 3 nitrogen and oxygen atoms in total. The largest absolute Gasteiger partial charge is 0.497 e. The molecule has 0 saturated heterocycles. The molecule has 0 aliphatic rings. The molecular formula is C17H20N2O. The summed E-state index contributed by atoms with van der Waals surface area (Å²) in [7, 11) is 1.68. The fourth-order valence-corrected chi connectivity index (χ4v) is 2.10. The minimum atomic E-state index is 0.856. The number of nitrogens with zero attached hydrogens (tertiary/aromatic N) is 2. The van der Waals surface area contributed by atoms with Crippen LogP contribution in [0.2, 0.25) is 0 Å². The summed E-state index contributed by atoms with van der Waals surface area (Å²) in [4.78, 5) is 6.39. The van der Waals surface area contributed by atoms with Crippen molar-refractivity contribution in [3.8, 4) is 5.75 Å². The van der Waals surface area contributed by atoms with Crippen molar-refractivity contribution in [2.24, 2.45) is 0 Å². The molecule has 0 saturated carbocycles. The summed E-state index contributed by atoms with van der Waals surface area (Å²) in [6, 6.07) is 12.3. The molecule has 0 fully saturated rings. The van der Waals surface area contributed by atoms with E-state index in [-0.39, 0.29) is 0 Å². The second-order valence-corrected chi connectivity index (χ2v) is 4.66. The van der Waals surface area contributed by atoms with E-state index in [1.54, 1.807) is 7.11 Å². The van der Waals surface area contributed by atoms with Gasteiger partial charge in [-0.1, -0.05) is 18.2 Å². The third kappa shape index (κ3) is 4.21. The molecule has 0 spiro atoms. The minimum absolute atomic E-state index is 0.856. The van der Waals surface area contributed by atoms with Crippen molar-refractivity contribution < 1.29 is 4.74 Å². The van der Waals surface area contributed by atoms with E-state index >= 15 is 0 Å². The van der Waals surface area contributed by atoms with Crippen LogP contribution in [-0.4, -0.2) is 23.5 Å². The summed E-state index contributed by atoms with van der Waals surface area (Å²) in [6.45, 7) is 6.47. The zero-order chi connectivity index (χ0) is 14.2. The summed E-state index contributed by atoms with van der Waals surface area (Å²) in [5.41, 5.74) is 2.53. The Morgan fingerprint density at radius 1 is 1.05 bits per heavy atom. The van der Waals surface area contributed by atoms with Crippen molar-refractivity contribution in [2.45, 2.75) is 13.1 Å².